The van der Waals surface area contributed by atoms with Gasteiger partial charge in [-0.2, -0.15) is 5.10 Å². The predicted molar refractivity (Wildman–Crippen MR) is 73.9 cm³/mol. The number of hydrogen-bond donors (Lipinski definition) is 0. The zero-order chi connectivity index (χ0) is 14.0. The molecule has 0 radical (unpaired) electrons. The molecule has 0 unspecified atom stereocenters. The second kappa shape index (κ2) is 5.44. The molecule has 0 fully saturated rings. The van der Waals surface area contributed by atoms with E-state index in [2.05, 4.69) is 21.0 Å². The van der Waals surface area contributed by atoms with Crippen LogP contribution < -0.4 is 9.47 Å². The SMILES string of the molecule is COc1ccc(OC)c(C(=O)c2c(Br)cnn2C)c1. The maximum Gasteiger partial charge on any atom is 0.216 e. The highest BCUT2D eigenvalue weighted by atomic mass is 79.9. The molecule has 0 spiro atoms. The summed E-state index contributed by atoms with van der Waals surface area (Å²) in [4.78, 5) is 12.6. The number of carbonyl (C=O) groups is 1. The summed E-state index contributed by atoms with van der Waals surface area (Å²) in [5, 5.41) is 4.04. The fraction of sp³-hybridized carbons (Fsp3) is 0.231. The van der Waals surface area contributed by atoms with Crippen LogP contribution in [0.5, 0.6) is 11.5 Å². The molecule has 0 saturated carbocycles. The summed E-state index contributed by atoms with van der Waals surface area (Å²) in [6.07, 6.45) is 1.58. The van der Waals surface area contributed by atoms with Crippen LogP contribution >= 0.6 is 15.9 Å². The highest BCUT2D eigenvalue weighted by Gasteiger charge is 2.21. The van der Waals surface area contributed by atoms with E-state index in [9.17, 15) is 4.79 Å². The minimum Gasteiger partial charge on any atom is -0.497 e. The summed E-state index contributed by atoms with van der Waals surface area (Å²) >= 11 is 3.32. The Kier molecular flexibility index (Phi) is 3.90. The van der Waals surface area contributed by atoms with Crippen molar-refractivity contribution < 1.29 is 14.3 Å². The molecule has 1 aromatic carbocycles. The van der Waals surface area contributed by atoms with Crippen molar-refractivity contribution in [2.45, 2.75) is 0 Å². The molecule has 6 heteroatoms. The van der Waals surface area contributed by atoms with Crippen molar-refractivity contribution in [3.8, 4) is 11.5 Å². The fourth-order valence-electron chi connectivity index (χ4n) is 1.79. The Balaban J connectivity index is 2.54. The van der Waals surface area contributed by atoms with Gasteiger partial charge in [0.1, 0.15) is 17.2 Å². The van der Waals surface area contributed by atoms with Gasteiger partial charge in [0.15, 0.2) is 0 Å². The van der Waals surface area contributed by atoms with Crippen LogP contribution in [0.1, 0.15) is 16.1 Å². The van der Waals surface area contributed by atoms with Crippen LogP contribution in [-0.2, 0) is 7.05 Å². The van der Waals surface area contributed by atoms with Crippen molar-refractivity contribution in [2.75, 3.05) is 14.2 Å². The topological polar surface area (TPSA) is 53.4 Å². The number of nitrogens with zero attached hydrogens (tertiary/aromatic N) is 2. The molecule has 1 aromatic heterocycles. The quantitative estimate of drug-likeness (QED) is 0.810. The Labute approximate surface area is 119 Å². The van der Waals surface area contributed by atoms with E-state index in [1.54, 1.807) is 38.6 Å². The maximum atomic E-state index is 12.6. The van der Waals surface area contributed by atoms with Gasteiger partial charge in [0, 0.05) is 7.05 Å². The summed E-state index contributed by atoms with van der Waals surface area (Å²) < 4.78 is 12.5. The van der Waals surface area contributed by atoms with Gasteiger partial charge in [-0.15, -0.1) is 0 Å². The number of methoxy groups -OCH3 is 2. The Hall–Kier alpha value is -1.82. The summed E-state index contributed by atoms with van der Waals surface area (Å²) in [5.41, 5.74) is 0.901. The fourth-order valence-corrected chi connectivity index (χ4v) is 2.31. The molecular weight excluding hydrogens is 312 g/mol. The van der Waals surface area contributed by atoms with Crippen LogP contribution in [0, 0.1) is 0 Å². The first-order chi connectivity index (χ1) is 9.08. The predicted octanol–water partition coefficient (Wildman–Crippen LogP) is 2.43. The average Bonchev–Trinajstić information content (AvgIpc) is 2.76. The van der Waals surface area contributed by atoms with Crippen LogP contribution in [0.25, 0.3) is 0 Å². The molecule has 0 N–H and O–H groups in total. The average molecular weight is 325 g/mol. The van der Waals surface area contributed by atoms with E-state index in [-0.39, 0.29) is 5.78 Å². The van der Waals surface area contributed by atoms with Gasteiger partial charge in [-0.25, -0.2) is 0 Å². The Morgan fingerprint density at radius 1 is 1.32 bits per heavy atom. The number of carbonyl (C=O) groups excluding carboxylic acids is 1. The second-order valence-corrected chi connectivity index (χ2v) is 4.71. The molecular formula is C13H13BrN2O3. The van der Waals surface area contributed by atoms with E-state index in [1.807, 2.05) is 0 Å². The Bertz CT molecular complexity index is 603. The van der Waals surface area contributed by atoms with Gasteiger partial charge in [0.25, 0.3) is 0 Å². The molecule has 19 heavy (non-hydrogen) atoms. The van der Waals surface area contributed by atoms with Gasteiger partial charge < -0.3 is 9.47 Å². The third-order valence-electron chi connectivity index (χ3n) is 2.76. The molecule has 0 atom stereocenters. The number of benzene rings is 1. The van der Waals surface area contributed by atoms with Gasteiger partial charge >= 0.3 is 0 Å². The zero-order valence-corrected chi connectivity index (χ0v) is 12.4. The second-order valence-electron chi connectivity index (χ2n) is 3.86. The molecule has 2 aromatic rings. The summed E-state index contributed by atoms with van der Waals surface area (Å²) in [6, 6.07) is 5.10. The van der Waals surface area contributed by atoms with Crippen LogP contribution in [0.2, 0.25) is 0 Å². The smallest absolute Gasteiger partial charge is 0.216 e. The van der Waals surface area contributed by atoms with Gasteiger partial charge in [0.05, 0.1) is 30.5 Å². The number of ketones is 1. The first-order valence-corrected chi connectivity index (χ1v) is 6.32. The van der Waals surface area contributed by atoms with E-state index in [4.69, 9.17) is 9.47 Å². The Morgan fingerprint density at radius 2 is 2.05 bits per heavy atom. The minimum absolute atomic E-state index is 0.178. The molecule has 0 aliphatic carbocycles. The molecule has 0 aliphatic rings. The van der Waals surface area contributed by atoms with Crippen molar-refractivity contribution in [1.82, 2.24) is 9.78 Å². The third-order valence-corrected chi connectivity index (χ3v) is 3.34. The van der Waals surface area contributed by atoms with Crippen LogP contribution in [-0.4, -0.2) is 29.8 Å². The highest BCUT2D eigenvalue weighted by molar-refractivity contribution is 9.10. The summed E-state index contributed by atoms with van der Waals surface area (Å²) in [6.45, 7) is 0. The molecule has 0 saturated heterocycles. The summed E-state index contributed by atoms with van der Waals surface area (Å²) in [7, 11) is 4.79. The van der Waals surface area contributed by atoms with E-state index in [1.165, 1.54) is 11.8 Å². The number of aromatic nitrogens is 2. The largest absolute Gasteiger partial charge is 0.497 e. The number of ether oxygens (including phenoxy) is 2. The van der Waals surface area contributed by atoms with Gasteiger partial charge in [0.2, 0.25) is 5.78 Å². The maximum absolute atomic E-state index is 12.6. The third kappa shape index (κ3) is 2.49. The molecule has 5 nitrogen and oxygen atoms in total. The van der Waals surface area contributed by atoms with Gasteiger partial charge in [-0.3, -0.25) is 9.48 Å². The first kappa shape index (κ1) is 13.6. The minimum atomic E-state index is -0.178. The normalized spacial score (nSPS) is 10.3. The lowest BCUT2D eigenvalue weighted by molar-refractivity contribution is 0.102. The molecule has 0 amide bonds. The number of rotatable bonds is 4. The van der Waals surface area contributed by atoms with Crippen molar-refractivity contribution in [2.24, 2.45) is 7.05 Å². The lowest BCUT2D eigenvalue weighted by Gasteiger charge is -2.10. The van der Waals surface area contributed by atoms with Crippen LogP contribution in [0.3, 0.4) is 0 Å². The van der Waals surface area contributed by atoms with Crippen LogP contribution in [0.4, 0.5) is 0 Å². The molecule has 0 bridgehead atoms. The standard InChI is InChI=1S/C13H13BrN2O3/c1-16-12(10(14)7-15-16)13(17)9-6-8(18-2)4-5-11(9)19-3/h4-7H,1-3H3. The molecule has 1 heterocycles. The lowest BCUT2D eigenvalue weighted by atomic mass is 10.1. The molecule has 0 aliphatic heterocycles. The molecule has 100 valence electrons. The number of aryl methyl sites for hydroxylation is 1. The highest BCUT2D eigenvalue weighted by Crippen LogP contribution is 2.28. The zero-order valence-electron chi connectivity index (χ0n) is 10.8. The summed E-state index contributed by atoms with van der Waals surface area (Å²) in [5.74, 6) is 0.920. The van der Waals surface area contributed by atoms with E-state index in [0.29, 0.717) is 27.2 Å². The van der Waals surface area contributed by atoms with E-state index in [0.717, 1.165) is 0 Å². The first-order valence-electron chi connectivity index (χ1n) is 5.52. The van der Waals surface area contributed by atoms with Crippen molar-refractivity contribution in [3.63, 3.8) is 0 Å². The van der Waals surface area contributed by atoms with Gasteiger partial charge in [-0.1, -0.05) is 0 Å². The Morgan fingerprint density at radius 3 is 2.58 bits per heavy atom. The van der Waals surface area contributed by atoms with Crippen molar-refractivity contribution >= 4 is 21.7 Å². The van der Waals surface area contributed by atoms with Crippen LogP contribution in [0.15, 0.2) is 28.9 Å². The molecule has 2 rings (SSSR count). The van der Waals surface area contributed by atoms with E-state index >= 15 is 0 Å². The number of hydrogen-bond acceptors (Lipinski definition) is 4. The van der Waals surface area contributed by atoms with Crippen molar-refractivity contribution in [1.29, 1.82) is 0 Å². The number of halogens is 1. The van der Waals surface area contributed by atoms with E-state index < -0.39 is 0 Å². The monoisotopic (exact) mass is 324 g/mol. The lowest BCUT2D eigenvalue weighted by Crippen LogP contribution is -2.10. The van der Waals surface area contributed by atoms with Crippen molar-refractivity contribution in [3.05, 3.63) is 40.1 Å². The van der Waals surface area contributed by atoms with Gasteiger partial charge in [-0.05, 0) is 34.1 Å².